The number of amides is 1. The predicted octanol–water partition coefficient (Wildman–Crippen LogP) is 2.64. The molecule has 1 fully saturated rings. The van der Waals surface area contributed by atoms with Crippen LogP contribution >= 0.6 is 0 Å². The molecule has 1 aliphatic heterocycles. The van der Waals surface area contributed by atoms with Crippen molar-refractivity contribution in [3.8, 4) is 5.75 Å². The van der Waals surface area contributed by atoms with Crippen LogP contribution in [0.2, 0.25) is 0 Å². The minimum Gasteiger partial charge on any atom is -0.497 e. The van der Waals surface area contributed by atoms with Crippen LogP contribution in [0.15, 0.2) is 30.3 Å². The van der Waals surface area contributed by atoms with E-state index in [1.165, 1.54) is 12.8 Å². The predicted molar refractivity (Wildman–Crippen MR) is 101 cm³/mol. The molecule has 0 atom stereocenters. The number of ether oxygens (including phenoxy) is 1. The molecule has 1 amide bonds. The van der Waals surface area contributed by atoms with Gasteiger partial charge in [0.2, 0.25) is 5.91 Å². The molecule has 0 bridgehead atoms. The number of hydrogen-bond donors (Lipinski definition) is 1. The maximum absolute atomic E-state index is 12.1. The summed E-state index contributed by atoms with van der Waals surface area (Å²) in [4.78, 5) is 23.5. The molecule has 1 aromatic heterocycles. The third kappa shape index (κ3) is 4.94. The van der Waals surface area contributed by atoms with Gasteiger partial charge in [-0.25, -0.2) is 9.97 Å². The second-order valence-corrected chi connectivity index (χ2v) is 6.60. The first kappa shape index (κ1) is 18.2. The Hall–Kier alpha value is -2.63. The third-order valence-corrected chi connectivity index (χ3v) is 4.56. The summed E-state index contributed by atoms with van der Waals surface area (Å²) in [6.07, 6.45) is 3.56. The summed E-state index contributed by atoms with van der Waals surface area (Å²) in [7, 11) is 1.64. The number of rotatable bonds is 7. The number of carbonyl (C=O) groups is 1. The number of hydrogen-bond acceptors (Lipinski definition) is 5. The Morgan fingerprint density at radius 1 is 1.19 bits per heavy atom. The second kappa shape index (κ2) is 8.65. The lowest BCUT2D eigenvalue weighted by atomic mass is 10.1. The maximum atomic E-state index is 12.1. The minimum absolute atomic E-state index is 0.00801. The zero-order valence-electron chi connectivity index (χ0n) is 15.5. The molecular weight excluding hydrogens is 328 g/mol. The lowest BCUT2D eigenvalue weighted by Gasteiger charge is -2.17. The summed E-state index contributed by atoms with van der Waals surface area (Å²) in [5.41, 5.74) is 2.05. The molecule has 1 aromatic carbocycles. The molecule has 1 saturated heterocycles. The molecule has 2 heterocycles. The summed E-state index contributed by atoms with van der Waals surface area (Å²) in [5, 5.41) is 2.93. The highest BCUT2D eigenvalue weighted by Crippen LogP contribution is 2.18. The van der Waals surface area contributed by atoms with Crippen LogP contribution < -0.4 is 15.0 Å². The Balaban J connectivity index is 1.50. The summed E-state index contributed by atoms with van der Waals surface area (Å²) in [5.74, 6) is 2.47. The highest BCUT2D eigenvalue weighted by Gasteiger charge is 2.15. The van der Waals surface area contributed by atoms with Crippen molar-refractivity contribution in [3.05, 3.63) is 47.4 Å². The van der Waals surface area contributed by atoms with Gasteiger partial charge in [-0.2, -0.15) is 0 Å². The van der Waals surface area contributed by atoms with E-state index >= 15 is 0 Å². The van der Waals surface area contributed by atoms with Crippen LogP contribution in [0.1, 0.15) is 36.3 Å². The number of anilines is 1. The normalized spacial score (nSPS) is 13.7. The van der Waals surface area contributed by atoms with Crippen LogP contribution in [-0.2, 0) is 17.8 Å². The van der Waals surface area contributed by atoms with Gasteiger partial charge in [0.25, 0.3) is 0 Å². The largest absolute Gasteiger partial charge is 0.497 e. The summed E-state index contributed by atoms with van der Waals surface area (Å²) >= 11 is 0. The van der Waals surface area contributed by atoms with Gasteiger partial charge in [-0.3, -0.25) is 4.79 Å². The Labute approximate surface area is 154 Å². The van der Waals surface area contributed by atoms with Crippen LogP contribution in [0.5, 0.6) is 5.75 Å². The zero-order chi connectivity index (χ0) is 18.4. The standard InChI is InChI=1S/C20H26N4O2/c1-15-13-19(24-11-3-4-12-24)23-18(22-15)14-21-20(25)10-7-16-5-8-17(26-2)9-6-16/h5-6,8-9,13H,3-4,7,10-12,14H2,1-2H3,(H,21,25). The molecule has 6 heteroatoms. The molecular formula is C20H26N4O2. The highest BCUT2D eigenvalue weighted by molar-refractivity contribution is 5.76. The van der Waals surface area contributed by atoms with Gasteiger partial charge in [-0.05, 0) is 43.9 Å². The van der Waals surface area contributed by atoms with E-state index in [0.29, 0.717) is 25.2 Å². The zero-order valence-corrected chi connectivity index (χ0v) is 15.5. The minimum atomic E-state index is 0.00801. The van der Waals surface area contributed by atoms with Crippen molar-refractivity contribution < 1.29 is 9.53 Å². The van der Waals surface area contributed by atoms with E-state index < -0.39 is 0 Å². The smallest absolute Gasteiger partial charge is 0.220 e. The summed E-state index contributed by atoms with van der Waals surface area (Å²) in [6.45, 7) is 4.43. The fraction of sp³-hybridized carbons (Fsp3) is 0.450. The fourth-order valence-electron chi connectivity index (χ4n) is 3.12. The first-order valence-corrected chi connectivity index (χ1v) is 9.13. The molecule has 1 aliphatic rings. The molecule has 0 saturated carbocycles. The van der Waals surface area contributed by atoms with Gasteiger partial charge in [-0.15, -0.1) is 0 Å². The van der Waals surface area contributed by atoms with Crippen LogP contribution in [-0.4, -0.2) is 36.1 Å². The van der Waals surface area contributed by atoms with Crippen LogP contribution in [0.3, 0.4) is 0 Å². The van der Waals surface area contributed by atoms with E-state index in [2.05, 4.69) is 20.2 Å². The average molecular weight is 354 g/mol. The van der Waals surface area contributed by atoms with Gasteiger partial charge >= 0.3 is 0 Å². The van der Waals surface area contributed by atoms with Crippen molar-refractivity contribution in [2.24, 2.45) is 0 Å². The van der Waals surface area contributed by atoms with Crippen molar-refractivity contribution in [2.75, 3.05) is 25.1 Å². The molecule has 0 spiro atoms. The van der Waals surface area contributed by atoms with Crippen molar-refractivity contribution in [2.45, 2.75) is 39.2 Å². The molecule has 2 aromatic rings. The number of carbonyl (C=O) groups excluding carboxylic acids is 1. The Kier molecular flexibility index (Phi) is 6.04. The van der Waals surface area contributed by atoms with E-state index in [4.69, 9.17) is 4.74 Å². The lowest BCUT2D eigenvalue weighted by molar-refractivity contribution is -0.121. The molecule has 1 N–H and O–H groups in total. The first-order valence-electron chi connectivity index (χ1n) is 9.13. The van der Waals surface area contributed by atoms with Crippen molar-refractivity contribution >= 4 is 11.7 Å². The number of benzene rings is 1. The van der Waals surface area contributed by atoms with E-state index in [1.807, 2.05) is 37.3 Å². The maximum Gasteiger partial charge on any atom is 0.220 e. The van der Waals surface area contributed by atoms with E-state index in [9.17, 15) is 4.79 Å². The number of methoxy groups -OCH3 is 1. The number of nitrogens with zero attached hydrogens (tertiary/aromatic N) is 3. The second-order valence-electron chi connectivity index (χ2n) is 6.60. The average Bonchev–Trinajstić information content (AvgIpc) is 3.19. The van der Waals surface area contributed by atoms with Gasteiger partial charge in [0.05, 0.1) is 13.7 Å². The summed E-state index contributed by atoms with van der Waals surface area (Å²) in [6, 6.07) is 9.80. The lowest BCUT2D eigenvalue weighted by Crippen LogP contribution is -2.25. The van der Waals surface area contributed by atoms with Crippen molar-refractivity contribution in [1.82, 2.24) is 15.3 Å². The van der Waals surface area contributed by atoms with E-state index in [0.717, 1.165) is 35.9 Å². The van der Waals surface area contributed by atoms with Gasteiger partial charge in [0, 0.05) is 31.3 Å². The molecule has 3 rings (SSSR count). The topological polar surface area (TPSA) is 67.3 Å². The first-order chi connectivity index (χ1) is 12.6. The third-order valence-electron chi connectivity index (χ3n) is 4.56. The Morgan fingerprint density at radius 2 is 1.92 bits per heavy atom. The van der Waals surface area contributed by atoms with Gasteiger partial charge in [0.15, 0.2) is 0 Å². The molecule has 138 valence electrons. The number of aromatic nitrogens is 2. The molecule has 0 unspecified atom stereocenters. The van der Waals surface area contributed by atoms with Crippen molar-refractivity contribution in [1.29, 1.82) is 0 Å². The molecule has 0 radical (unpaired) electrons. The molecule has 0 aliphatic carbocycles. The number of aryl methyl sites for hydroxylation is 2. The van der Waals surface area contributed by atoms with Crippen LogP contribution in [0.4, 0.5) is 5.82 Å². The van der Waals surface area contributed by atoms with Gasteiger partial charge in [0.1, 0.15) is 17.4 Å². The fourth-order valence-corrected chi connectivity index (χ4v) is 3.12. The Bertz CT molecular complexity index is 740. The Morgan fingerprint density at radius 3 is 2.62 bits per heavy atom. The van der Waals surface area contributed by atoms with E-state index in [-0.39, 0.29) is 5.91 Å². The van der Waals surface area contributed by atoms with E-state index in [1.54, 1.807) is 7.11 Å². The van der Waals surface area contributed by atoms with Crippen LogP contribution in [0.25, 0.3) is 0 Å². The highest BCUT2D eigenvalue weighted by atomic mass is 16.5. The van der Waals surface area contributed by atoms with Gasteiger partial charge in [-0.1, -0.05) is 12.1 Å². The molecule has 26 heavy (non-hydrogen) atoms. The molecule has 6 nitrogen and oxygen atoms in total. The van der Waals surface area contributed by atoms with Gasteiger partial charge < -0.3 is 15.0 Å². The summed E-state index contributed by atoms with van der Waals surface area (Å²) < 4.78 is 5.14. The van der Waals surface area contributed by atoms with Crippen LogP contribution in [0, 0.1) is 6.92 Å². The SMILES string of the molecule is COc1ccc(CCC(=O)NCc2nc(C)cc(N3CCCC3)n2)cc1. The van der Waals surface area contributed by atoms with Crippen molar-refractivity contribution in [3.63, 3.8) is 0 Å². The number of nitrogens with one attached hydrogen (secondary N) is 1. The quantitative estimate of drug-likeness (QED) is 0.828. The monoisotopic (exact) mass is 354 g/mol.